The second-order valence-corrected chi connectivity index (χ2v) is 5.52. The van der Waals surface area contributed by atoms with Crippen LogP contribution in [0, 0.1) is 6.92 Å². The molecule has 0 bridgehead atoms. The monoisotopic (exact) mass is 312 g/mol. The Morgan fingerprint density at radius 3 is 3.00 bits per heavy atom. The Kier molecular flexibility index (Phi) is 4.25. The summed E-state index contributed by atoms with van der Waals surface area (Å²) in [4.78, 5) is 4.29. The van der Waals surface area contributed by atoms with Gasteiger partial charge in [0, 0.05) is 22.6 Å². The molecular weight excluding hydrogens is 300 g/mol. The van der Waals surface area contributed by atoms with Crippen LogP contribution in [0.3, 0.4) is 0 Å². The van der Waals surface area contributed by atoms with Crippen LogP contribution in [-0.2, 0) is 0 Å². The molecule has 0 saturated heterocycles. The number of hydrogen-bond acceptors (Lipinski definition) is 3. The number of rotatable bonds is 4. The fourth-order valence-electron chi connectivity index (χ4n) is 1.52. The molecule has 3 nitrogen and oxygen atoms in total. The molecule has 0 radical (unpaired) electrons. The van der Waals surface area contributed by atoms with Gasteiger partial charge in [-0.15, -0.1) is 0 Å². The van der Waals surface area contributed by atoms with E-state index in [1.165, 1.54) is 5.56 Å². The number of thioether (sulfide) groups is 1. The fourth-order valence-corrected chi connectivity index (χ4v) is 2.92. The number of aromatic nitrogens is 2. The molecule has 0 unspecified atom stereocenters. The lowest BCUT2D eigenvalue weighted by molar-refractivity contribution is 0.322. The van der Waals surface area contributed by atoms with E-state index < -0.39 is 0 Å². The summed E-state index contributed by atoms with van der Waals surface area (Å²) in [6, 6.07) is 6.21. The van der Waals surface area contributed by atoms with Crippen LogP contribution in [0.1, 0.15) is 5.56 Å². The highest BCUT2D eigenvalue weighted by atomic mass is 79.9. The van der Waals surface area contributed by atoms with Gasteiger partial charge in [0.05, 0.1) is 12.3 Å². The van der Waals surface area contributed by atoms with E-state index in [4.69, 9.17) is 5.11 Å². The van der Waals surface area contributed by atoms with Crippen molar-refractivity contribution < 1.29 is 5.11 Å². The lowest BCUT2D eigenvalue weighted by Crippen LogP contribution is -1.98. The first-order chi connectivity index (χ1) is 8.22. The van der Waals surface area contributed by atoms with Crippen LogP contribution in [0.4, 0.5) is 0 Å². The summed E-state index contributed by atoms with van der Waals surface area (Å²) in [6.45, 7) is 2.22. The largest absolute Gasteiger partial charge is 0.396 e. The zero-order valence-corrected chi connectivity index (χ0v) is 11.8. The Morgan fingerprint density at radius 2 is 2.29 bits per heavy atom. The molecule has 1 aromatic carbocycles. The smallest absolute Gasteiger partial charge is 0.172 e. The highest BCUT2D eigenvalue weighted by Gasteiger charge is 2.08. The summed E-state index contributed by atoms with van der Waals surface area (Å²) in [5.74, 6) is 0.653. The maximum absolute atomic E-state index is 8.85. The molecule has 0 atom stereocenters. The van der Waals surface area contributed by atoms with Gasteiger partial charge in [0.2, 0.25) is 0 Å². The second kappa shape index (κ2) is 5.71. The van der Waals surface area contributed by atoms with E-state index in [0.29, 0.717) is 5.75 Å². The zero-order valence-electron chi connectivity index (χ0n) is 9.43. The lowest BCUT2D eigenvalue weighted by atomic mass is 10.2. The number of benzene rings is 1. The third-order valence-corrected chi connectivity index (χ3v) is 3.87. The SMILES string of the molecule is Cc1ccc(-n2ccnc2SCCO)c(Br)c1. The summed E-state index contributed by atoms with van der Waals surface area (Å²) < 4.78 is 3.06. The first-order valence-electron chi connectivity index (χ1n) is 5.26. The number of aliphatic hydroxyl groups is 1. The molecule has 0 aliphatic rings. The molecule has 90 valence electrons. The van der Waals surface area contributed by atoms with Crippen molar-refractivity contribution in [2.75, 3.05) is 12.4 Å². The highest BCUT2D eigenvalue weighted by Crippen LogP contribution is 2.26. The number of imidazole rings is 1. The van der Waals surface area contributed by atoms with Crippen LogP contribution in [0.25, 0.3) is 5.69 Å². The molecule has 0 amide bonds. The molecule has 0 aliphatic carbocycles. The van der Waals surface area contributed by atoms with Gasteiger partial charge in [-0.2, -0.15) is 0 Å². The summed E-state index contributed by atoms with van der Waals surface area (Å²) in [7, 11) is 0. The molecule has 2 rings (SSSR count). The van der Waals surface area contributed by atoms with Crippen molar-refractivity contribution in [3.8, 4) is 5.69 Å². The molecule has 0 aliphatic heterocycles. The number of nitrogens with zero attached hydrogens (tertiary/aromatic N) is 2. The van der Waals surface area contributed by atoms with Crippen molar-refractivity contribution >= 4 is 27.7 Å². The minimum atomic E-state index is 0.159. The molecular formula is C12H13BrN2OS. The van der Waals surface area contributed by atoms with Gasteiger partial charge < -0.3 is 5.11 Å². The predicted molar refractivity (Wildman–Crippen MR) is 73.8 cm³/mol. The first kappa shape index (κ1) is 12.7. The standard InChI is InChI=1S/C12H13BrN2OS/c1-9-2-3-11(10(13)8-9)15-5-4-14-12(15)17-7-6-16/h2-5,8,16H,6-7H2,1H3. The van der Waals surface area contributed by atoms with Gasteiger partial charge in [0.1, 0.15) is 0 Å². The Bertz CT molecular complexity index is 513. The second-order valence-electron chi connectivity index (χ2n) is 3.61. The minimum Gasteiger partial charge on any atom is -0.396 e. The number of aliphatic hydroxyl groups excluding tert-OH is 1. The van der Waals surface area contributed by atoms with Gasteiger partial charge in [-0.1, -0.05) is 17.8 Å². The molecule has 0 spiro atoms. The van der Waals surface area contributed by atoms with Crippen molar-refractivity contribution in [3.05, 3.63) is 40.6 Å². The van der Waals surface area contributed by atoms with Gasteiger partial charge in [0.25, 0.3) is 0 Å². The van der Waals surface area contributed by atoms with Gasteiger partial charge >= 0.3 is 0 Å². The maximum Gasteiger partial charge on any atom is 0.172 e. The van der Waals surface area contributed by atoms with Crippen LogP contribution in [0.2, 0.25) is 0 Å². The van der Waals surface area contributed by atoms with Gasteiger partial charge in [-0.3, -0.25) is 4.57 Å². The maximum atomic E-state index is 8.85. The molecule has 1 N–H and O–H groups in total. The molecule has 0 saturated carbocycles. The average molecular weight is 313 g/mol. The van der Waals surface area contributed by atoms with E-state index in [-0.39, 0.29) is 6.61 Å². The van der Waals surface area contributed by atoms with Gasteiger partial charge in [-0.05, 0) is 40.5 Å². The van der Waals surface area contributed by atoms with Gasteiger partial charge in [0.15, 0.2) is 5.16 Å². The Labute approximate surface area is 113 Å². The lowest BCUT2D eigenvalue weighted by Gasteiger charge is -2.09. The third kappa shape index (κ3) is 2.91. The number of hydrogen-bond donors (Lipinski definition) is 1. The van der Waals surface area contributed by atoms with Crippen LogP contribution in [-0.4, -0.2) is 27.0 Å². The molecule has 5 heteroatoms. The van der Waals surface area contributed by atoms with Crippen LogP contribution < -0.4 is 0 Å². The fraction of sp³-hybridized carbons (Fsp3) is 0.250. The van der Waals surface area contributed by atoms with Crippen molar-refractivity contribution in [3.63, 3.8) is 0 Å². The van der Waals surface area contributed by atoms with Crippen molar-refractivity contribution in [1.82, 2.24) is 9.55 Å². The van der Waals surface area contributed by atoms with E-state index in [0.717, 1.165) is 15.3 Å². The Hall–Kier alpha value is -0.780. The Morgan fingerprint density at radius 1 is 1.47 bits per heavy atom. The average Bonchev–Trinajstić information content (AvgIpc) is 2.74. The quantitative estimate of drug-likeness (QED) is 0.882. The van der Waals surface area contributed by atoms with Crippen molar-refractivity contribution in [2.45, 2.75) is 12.1 Å². The molecule has 0 fully saturated rings. The number of halogens is 1. The van der Waals surface area contributed by atoms with Crippen LogP contribution in [0.5, 0.6) is 0 Å². The summed E-state index contributed by atoms with van der Waals surface area (Å²) in [5, 5.41) is 9.74. The normalized spacial score (nSPS) is 10.8. The number of aryl methyl sites for hydroxylation is 1. The highest BCUT2D eigenvalue weighted by molar-refractivity contribution is 9.10. The Balaban J connectivity index is 2.35. The summed E-state index contributed by atoms with van der Waals surface area (Å²) in [5.41, 5.74) is 2.28. The minimum absolute atomic E-state index is 0.159. The van der Waals surface area contributed by atoms with Crippen molar-refractivity contribution in [1.29, 1.82) is 0 Å². The summed E-state index contributed by atoms with van der Waals surface area (Å²) in [6.07, 6.45) is 3.70. The van der Waals surface area contributed by atoms with Crippen LogP contribution >= 0.6 is 27.7 Å². The van der Waals surface area contributed by atoms with Gasteiger partial charge in [-0.25, -0.2) is 4.98 Å². The van der Waals surface area contributed by atoms with E-state index in [9.17, 15) is 0 Å². The van der Waals surface area contributed by atoms with E-state index in [1.54, 1.807) is 18.0 Å². The first-order valence-corrected chi connectivity index (χ1v) is 7.04. The third-order valence-electron chi connectivity index (χ3n) is 2.29. The van der Waals surface area contributed by atoms with Crippen LogP contribution in [0.15, 0.2) is 40.2 Å². The van der Waals surface area contributed by atoms with Crippen molar-refractivity contribution in [2.24, 2.45) is 0 Å². The zero-order chi connectivity index (χ0) is 12.3. The molecule has 1 aromatic heterocycles. The van der Waals surface area contributed by atoms with E-state index in [1.807, 2.05) is 10.8 Å². The topological polar surface area (TPSA) is 38.0 Å². The molecule has 17 heavy (non-hydrogen) atoms. The molecule has 1 heterocycles. The predicted octanol–water partition coefficient (Wildman–Crippen LogP) is 3.03. The summed E-state index contributed by atoms with van der Waals surface area (Å²) >= 11 is 5.11. The van der Waals surface area contributed by atoms with E-state index in [2.05, 4.69) is 46.0 Å². The van der Waals surface area contributed by atoms with E-state index >= 15 is 0 Å². The molecule has 2 aromatic rings.